The summed E-state index contributed by atoms with van der Waals surface area (Å²) in [5.41, 5.74) is 1.01. The molecule has 3 rings (SSSR count). The summed E-state index contributed by atoms with van der Waals surface area (Å²) in [6.07, 6.45) is 6.54. The summed E-state index contributed by atoms with van der Waals surface area (Å²) in [6, 6.07) is 2.06. The number of carbonyl (C=O) groups is 1. The molecule has 1 fully saturated rings. The molecule has 1 aliphatic heterocycles. The number of H-pyrrole nitrogens is 1. The molecule has 0 aromatic carbocycles. The molecule has 1 aliphatic rings. The van der Waals surface area contributed by atoms with Gasteiger partial charge in [-0.15, -0.1) is 0 Å². The molecule has 0 spiro atoms. The predicted octanol–water partition coefficient (Wildman–Crippen LogP) is 2.04. The molecule has 3 heterocycles. The summed E-state index contributed by atoms with van der Waals surface area (Å²) in [7, 11) is 0. The molecule has 118 valence electrons. The highest BCUT2D eigenvalue weighted by molar-refractivity contribution is 5.77. The number of likely N-dealkylation sites (tertiary alicyclic amines) is 1. The fourth-order valence-electron chi connectivity index (χ4n) is 2.90. The molecule has 7 nitrogen and oxygen atoms in total. The molecular weight excluding hydrogens is 282 g/mol. The van der Waals surface area contributed by atoms with Gasteiger partial charge in [0.2, 0.25) is 11.8 Å². The third kappa shape index (κ3) is 3.18. The van der Waals surface area contributed by atoms with Gasteiger partial charge in [-0.1, -0.05) is 12.1 Å². The van der Waals surface area contributed by atoms with Crippen LogP contribution in [0, 0.1) is 0 Å². The molecule has 2 aromatic heterocycles. The first kappa shape index (κ1) is 14.7. The first-order valence-electron chi connectivity index (χ1n) is 7.88. The van der Waals surface area contributed by atoms with Crippen LogP contribution in [-0.4, -0.2) is 37.7 Å². The van der Waals surface area contributed by atoms with Crippen molar-refractivity contribution in [3.8, 4) is 0 Å². The van der Waals surface area contributed by atoms with Gasteiger partial charge in [-0.05, 0) is 25.3 Å². The normalized spacial score (nSPS) is 18.6. The molecule has 1 saturated heterocycles. The third-order valence-electron chi connectivity index (χ3n) is 4.08. The molecule has 0 aliphatic carbocycles. The zero-order valence-corrected chi connectivity index (χ0v) is 12.8. The molecule has 2 aromatic rings. The van der Waals surface area contributed by atoms with Gasteiger partial charge in [0.1, 0.15) is 0 Å². The molecule has 1 N–H and O–H groups in total. The van der Waals surface area contributed by atoms with E-state index in [4.69, 9.17) is 4.52 Å². The van der Waals surface area contributed by atoms with E-state index in [0.29, 0.717) is 24.6 Å². The van der Waals surface area contributed by atoms with Crippen molar-refractivity contribution in [1.29, 1.82) is 0 Å². The molecular formula is C15H21N5O2. The molecule has 1 atom stereocenters. The van der Waals surface area contributed by atoms with Crippen molar-refractivity contribution in [3.63, 3.8) is 0 Å². The molecule has 0 unspecified atom stereocenters. The number of aromatic amines is 1. The Kier molecular flexibility index (Phi) is 4.50. The standard InChI is InChI=1S/C15H21N5O2/c1-2-13-17-14(22-19-13)6-7-15(21)20-10-4-3-5-12(20)11-8-9-16-18-11/h8-9,12H,2-7,10H2,1H3,(H,16,18)/t12-/m1/s1. The van der Waals surface area contributed by atoms with E-state index >= 15 is 0 Å². The van der Waals surface area contributed by atoms with E-state index in [1.54, 1.807) is 6.20 Å². The van der Waals surface area contributed by atoms with Gasteiger partial charge in [0, 0.05) is 32.0 Å². The number of aromatic nitrogens is 4. The maximum absolute atomic E-state index is 12.6. The molecule has 0 radical (unpaired) electrons. The van der Waals surface area contributed by atoms with E-state index in [1.807, 2.05) is 17.9 Å². The van der Waals surface area contributed by atoms with Crippen LogP contribution in [0.15, 0.2) is 16.8 Å². The van der Waals surface area contributed by atoms with Crippen molar-refractivity contribution < 1.29 is 9.32 Å². The Morgan fingerprint density at radius 1 is 1.50 bits per heavy atom. The number of nitrogens with zero attached hydrogens (tertiary/aromatic N) is 4. The van der Waals surface area contributed by atoms with Crippen LogP contribution in [0.3, 0.4) is 0 Å². The Morgan fingerprint density at radius 2 is 2.41 bits per heavy atom. The smallest absolute Gasteiger partial charge is 0.227 e. The van der Waals surface area contributed by atoms with Crippen LogP contribution < -0.4 is 0 Å². The summed E-state index contributed by atoms with van der Waals surface area (Å²) in [4.78, 5) is 18.8. The van der Waals surface area contributed by atoms with E-state index in [1.165, 1.54) is 0 Å². The third-order valence-corrected chi connectivity index (χ3v) is 4.08. The van der Waals surface area contributed by atoms with Crippen LogP contribution in [0.1, 0.15) is 56.1 Å². The molecule has 7 heteroatoms. The Morgan fingerprint density at radius 3 is 3.14 bits per heavy atom. The Hall–Kier alpha value is -2.18. The predicted molar refractivity (Wildman–Crippen MR) is 78.9 cm³/mol. The van der Waals surface area contributed by atoms with Crippen LogP contribution in [-0.2, 0) is 17.6 Å². The lowest BCUT2D eigenvalue weighted by molar-refractivity contribution is -0.135. The SMILES string of the molecule is CCc1noc(CCC(=O)N2CCCC[C@@H]2c2ccn[nH]2)n1. The minimum atomic E-state index is 0.109. The summed E-state index contributed by atoms with van der Waals surface area (Å²) < 4.78 is 5.14. The highest BCUT2D eigenvalue weighted by Crippen LogP contribution is 2.30. The van der Waals surface area contributed by atoms with Gasteiger partial charge in [-0.3, -0.25) is 9.89 Å². The monoisotopic (exact) mass is 303 g/mol. The highest BCUT2D eigenvalue weighted by Gasteiger charge is 2.28. The Bertz CT molecular complexity index is 607. The summed E-state index contributed by atoms with van der Waals surface area (Å²) in [5.74, 6) is 1.37. The van der Waals surface area contributed by atoms with Crippen molar-refractivity contribution in [2.24, 2.45) is 0 Å². The maximum Gasteiger partial charge on any atom is 0.227 e. The van der Waals surface area contributed by atoms with Crippen LogP contribution >= 0.6 is 0 Å². The van der Waals surface area contributed by atoms with Gasteiger partial charge in [-0.25, -0.2) is 0 Å². The number of amides is 1. The van der Waals surface area contributed by atoms with Gasteiger partial charge in [0.25, 0.3) is 0 Å². The summed E-state index contributed by atoms with van der Waals surface area (Å²) in [5, 5.41) is 10.8. The van der Waals surface area contributed by atoms with E-state index < -0.39 is 0 Å². The largest absolute Gasteiger partial charge is 0.339 e. The number of hydrogen-bond donors (Lipinski definition) is 1. The molecule has 0 bridgehead atoms. The first-order chi connectivity index (χ1) is 10.8. The number of rotatable bonds is 5. The van der Waals surface area contributed by atoms with Crippen LogP contribution in [0.25, 0.3) is 0 Å². The number of hydrogen-bond acceptors (Lipinski definition) is 5. The van der Waals surface area contributed by atoms with Crippen molar-refractivity contribution in [2.75, 3.05) is 6.54 Å². The quantitative estimate of drug-likeness (QED) is 0.913. The number of aryl methyl sites for hydroxylation is 2. The van der Waals surface area contributed by atoms with Gasteiger partial charge >= 0.3 is 0 Å². The van der Waals surface area contributed by atoms with Crippen LogP contribution in [0.5, 0.6) is 0 Å². The van der Waals surface area contributed by atoms with E-state index in [-0.39, 0.29) is 11.9 Å². The van der Waals surface area contributed by atoms with E-state index in [2.05, 4.69) is 20.3 Å². The lowest BCUT2D eigenvalue weighted by atomic mass is 9.99. The second-order valence-corrected chi connectivity index (χ2v) is 5.57. The summed E-state index contributed by atoms with van der Waals surface area (Å²) >= 11 is 0. The van der Waals surface area contributed by atoms with Gasteiger partial charge in [0.05, 0.1) is 11.7 Å². The topological polar surface area (TPSA) is 87.9 Å². The average Bonchev–Trinajstić information content (AvgIpc) is 3.24. The lowest BCUT2D eigenvalue weighted by Crippen LogP contribution is -2.38. The van der Waals surface area contributed by atoms with E-state index in [9.17, 15) is 4.79 Å². The van der Waals surface area contributed by atoms with Crippen molar-refractivity contribution in [2.45, 2.75) is 51.5 Å². The molecule has 1 amide bonds. The Balaban J connectivity index is 1.62. The average molecular weight is 303 g/mol. The maximum atomic E-state index is 12.6. The number of piperidine rings is 1. The lowest BCUT2D eigenvalue weighted by Gasteiger charge is -2.35. The van der Waals surface area contributed by atoms with Crippen molar-refractivity contribution in [3.05, 3.63) is 29.7 Å². The molecule has 22 heavy (non-hydrogen) atoms. The van der Waals surface area contributed by atoms with Crippen LogP contribution in [0.4, 0.5) is 0 Å². The van der Waals surface area contributed by atoms with Crippen LogP contribution in [0.2, 0.25) is 0 Å². The molecule has 0 saturated carbocycles. The zero-order chi connectivity index (χ0) is 15.4. The van der Waals surface area contributed by atoms with Gasteiger partial charge in [0.15, 0.2) is 5.82 Å². The zero-order valence-electron chi connectivity index (χ0n) is 12.8. The van der Waals surface area contributed by atoms with Gasteiger partial charge < -0.3 is 9.42 Å². The fourth-order valence-corrected chi connectivity index (χ4v) is 2.90. The highest BCUT2D eigenvalue weighted by atomic mass is 16.5. The second kappa shape index (κ2) is 6.72. The minimum absolute atomic E-state index is 0.109. The minimum Gasteiger partial charge on any atom is -0.339 e. The second-order valence-electron chi connectivity index (χ2n) is 5.57. The van der Waals surface area contributed by atoms with Gasteiger partial charge in [-0.2, -0.15) is 10.1 Å². The summed E-state index contributed by atoms with van der Waals surface area (Å²) in [6.45, 7) is 2.77. The van der Waals surface area contributed by atoms with Crippen molar-refractivity contribution >= 4 is 5.91 Å². The number of nitrogens with one attached hydrogen (secondary N) is 1. The van der Waals surface area contributed by atoms with E-state index in [0.717, 1.165) is 37.9 Å². The first-order valence-corrected chi connectivity index (χ1v) is 7.88. The fraction of sp³-hybridized carbons (Fsp3) is 0.600. The number of carbonyl (C=O) groups excluding carboxylic acids is 1. The van der Waals surface area contributed by atoms with Crippen molar-refractivity contribution in [1.82, 2.24) is 25.2 Å². The Labute approximate surface area is 129 Å².